The monoisotopic (exact) mass is 265 g/mol. The van der Waals surface area contributed by atoms with Crippen LogP contribution >= 0.6 is 0 Å². The van der Waals surface area contributed by atoms with Gasteiger partial charge in [0.25, 0.3) is 0 Å². The quantitative estimate of drug-likeness (QED) is 0.737. The van der Waals surface area contributed by atoms with E-state index >= 15 is 0 Å². The zero-order chi connectivity index (χ0) is 14.0. The summed E-state index contributed by atoms with van der Waals surface area (Å²) in [6.45, 7) is 6.58. The molecule has 0 bridgehead atoms. The maximum atomic E-state index is 12.8. The molecule has 0 aromatic heterocycles. The Morgan fingerprint density at radius 1 is 1.32 bits per heavy atom. The van der Waals surface area contributed by atoms with Gasteiger partial charge in [-0.25, -0.2) is 4.79 Å². The lowest BCUT2D eigenvalue weighted by Crippen LogP contribution is -2.43. The fourth-order valence-electron chi connectivity index (χ4n) is 3.08. The van der Waals surface area contributed by atoms with Crippen molar-refractivity contribution in [3.8, 4) is 0 Å². The van der Waals surface area contributed by atoms with Crippen LogP contribution in [0, 0.1) is 5.41 Å². The molecule has 1 saturated carbocycles. The van der Waals surface area contributed by atoms with Gasteiger partial charge in [-0.15, -0.1) is 0 Å². The summed E-state index contributed by atoms with van der Waals surface area (Å²) in [5, 5.41) is 0. The van der Waals surface area contributed by atoms with Crippen LogP contribution in [0.2, 0.25) is 0 Å². The first kappa shape index (κ1) is 14.1. The largest absolute Gasteiger partial charge is 0.456 e. The lowest BCUT2D eigenvalue weighted by atomic mass is 9.74. The molecule has 2 aliphatic rings. The molecule has 1 amide bonds. The number of nitrogens with zero attached hydrogens (tertiary/aromatic N) is 1. The van der Waals surface area contributed by atoms with Gasteiger partial charge in [-0.1, -0.05) is 26.2 Å². The van der Waals surface area contributed by atoms with Crippen LogP contribution in [-0.2, 0) is 14.3 Å². The van der Waals surface area contributed by atoms with Crippen LogP contribution < -0.4 is 0 Å². The highest BCUT2D eigenvalue weighted by Gasteiger charge is 2.40. The predicted octanol–water partition coefficient (Wildman–Crippen LogP) is 2.64. The Kier molecular flexibility index (Phi) is 3.97. The van der Waals surface area contributed by atoms with Crippen LogP contribution in [0.4, 0.5) is 0 Å². The second-order valence-corrected chi connectivity index (χ2v) is 5.82. The maximum Gasteiger partial charge on any atom is 0.336 e. The summed E-state index contributed by atoms with van der Waals surface area (Å²) in [4.78, 5) is 26.0. The third-order valence-electron chi connectivity index (χ3n) is 4.44. The Bertz CT molecular complexity index is 419. The molecule has 1 aliphatic carbocycles. The summed E-state index contributed by atoms with van der Waals surface area (Å²) in [7, 11) is 0. The molecule has 1 heterocycles. The van der Waals surface area contributed by atoms with Crippen molar-refractivity contribution in [1.29, 1.82) is 0 Å². The SMILES string of the molecule is CCN(C(=O)C1(C)CCCCC1)C1=C(C)C(=O)OC1. The standard InChI is InChI=1S/C15H23NO3/c1-4-16(12-10-19-13(17)11(12)2)14(18)15(3)8-6-5-7-9-15/h4-10H2,1-3H3. The minimum atomic E-state index is -0.296. The molecule has 4 heteroatoms. The zero-order valence-electron chi connectivity index (χ0n) is 12.1. The summed E-state index contributed by atoms with van der Waals surface area (Å²) in [6, 6.07) is 0. The van der Waals surface area contributed by atoms with Gasteiger partial charge in [0.05, 0.1) is 11.3 Å². The van der Waals surface area contributed by atoms with E-state index in [4.69, 9.17) is 4.74 Å². The first-order valence-electron chi connectivity index (χ1n) is 7.18. The van der Waals surface area contributed by atoms with Crippen molar-refractivity contribution in [2.75, 3.05) is 13.2 Å². The van der Waals surface area contributed by atoms with Crippen molar-refractivity contribution >= 4 is 11.9 Å². The van der Waals surface area contributed by atoms with Gasteiger partial charge in [0, 0.05) is 12.0 Å². The molecule has 1 fully saturated rings. The average Bonchev–Trinajstić information content (AvgIpc) is 2.73. The van der Waals surface area contributed by atoms with Crippen LogP contribution in [0.25, 0.3) is 0 Å². The fourth-order valence-corrected chi connectivity index (χ4v) is 3.08. The van der Waals surface area contributed by atoms with Crippen molar-refractivity contribution in [1.82, 2.24) is 4.90 Å². The third-order valence-corrected chi connectivity index (χ3v) is 4.44. The molecular weight excluding hydrogens is 242 g/mol. The molecule has 1 aliphatic heterocycles. The van der Waals surface area contributed by atoms with E-state index in [1.165, 1.54) is 6.42 Å². The summed E-state index contributed by atoms with van der Waals surface area (Å²) < 4.78 is 5.02. The van der Waals surface area contributed by atoms with E-state index in [0.29, 0.717) is 12.1 Å². The highest BCUT2D eigenvalue weighted by molar-refractivity contribution is 5.93. The molecule has 106 valence electrons. The number of esters is 1. The normalized spacial score (nSPS) is 22.4. The average molecular weight is 265 g/mol. The van der Waals surface area contributed by atoms with Crippen molar-refractivity contribution in [3.05, 3.63) is 11.3 Å². The highest BCUT2D eigenvalue weighted by atomic mass is 16.5. The number of likely N-dealkylation sites (N-methyl/N-ethyl adjacent to an activating group) is 1. The van der Waals surface area contributed by atoms with Crippen molar-refractivity contribution in [2.24, 2.45) is 5.41 Å². The molecule has 0 N–H and O–H groups in total. The van der Waals surface area contributed by atoms with Crippen molar-refractivity contribution < 1.29 is 14.3 Å². The Hall–Kier alpha value is -1.32. The van der Waals surface area contributed by atoms with Gasteiger partial charge in [-0.2, -0.15) is 0 Å². The van der Waals surface area contributed by atoms with Gasteiger partial charge < -0.3 is 9.64 Å². The van der Waals surface area contributed by atoms with Crippen LogP contribution in [0.5, 0.6) is 0 Å². The lowest BCUT2D eigenvalue weighted by Gasteiger charge is -2.37. The number of hydrogen-bond donors (Lipinski definition) is 0. The van der Waals surface area contributed by atoms with Crippen LogP contribution in [0.15, 0.2) is 11.3 Å². The van der Waals surface area contributed by atoms with Crippen LogP contribution in [0.3, 0.4) is 0 Å². The highest BCUT2D eigenvalue weighted by Crippen LogP contribution is 2.38. The van der Waals surface area contributed by atoms with Crippen LogP contribution in [0.1, 0.15) is 52.9 Å². The topological polar surface area (TPSA) is 46.6 Å². The van der Waals surface area contributed by atoms with E-state index in [2.05, 4.69) is 6.92 Å². The smallest absolute Gasteiger partial charge is 0.336 e. The fraction of sp³-hybridized carbons (Fsp3) is 0.733. The molecule has 2 rings (SSSR count). The van der Waals surface area contributed by atoms with E-state index in [0.717, 1.165) is 31.4 Å². The summed E-state index contributed by atoms with van der Waals surface area (Å²) in [5.74, 6) is -0.141. The van der Waals surface area contributed by atoms with Gasteiger partial charge in [0.2, 0.25) is 5.91 Å². The predicted molar refractivity (Wildman–Crippen MR) is 72.2 cm³/mol. The Labute approximate surface area is 114 Å². The minimum Gasteiger partial charge on any atom is -0.456 e. The van der Waals surface area contributed by atoms with Crippen molar-refractivity contribution in [2.45, 2.75) is 52.9 Å². The van der Waals surface area contributed by atoms with Gasteiger partial charge in [-0.05, 0) is 26.7 Å². The number of amides is 1. The molecular formula is C15H23NO3. The summed E-state index contributed by atoms with van der Waals surface area (Å²) in [5.41, 5.74) is 1.06. The molecule has 0 aromatic rings. The van der Waals surface area contributed by atoms with E-state index in [9.17, 15) is 9.59 Å². The molecule has 0 spiro atoms. The van der Waals surface area contributed by atoms with Gasteiger partial charge >= 0.3 is 5.97 Å². The number of rotatable bonds is 3. The molecule has 0 unspecified atom stereocenters. The Morgan fingerprint density at radius 3 is 2.42 bits per heavy atom. The maximum absolute atomic E-state index is 12.8. The van der Waals surface area contributed by atoms with E-state index in [1.54, 1.807) is 11.8 Å². The molecule has 0 radical (unpaired) electrons. The third kappa shape index (κ3) is 2.53. The second-order valence-electron chi connectivity index (χ2n) is 5.82. The molecule has 0 atom stereocenters. The van der Waals surface area contributed by atoms with Crippen molar-refractivity contribution in [3.63, 3.8) is 0 Å². The first-order chi connectivity index (χ1) is 8.99. The number of cyclic esters (lactones) is 1. The van der Waals surface area contributed by atoms with Gasteiger partial charge in [0.1, 0.15) is 6.61 Å². The molecule has 19 heavy (non-hydrogen) atoms. The summed E-state index contributed by atoms with van der Waals surface area (Å²) >= 11 is 0. The number of hydrogen-bond acceptors (Lipinski definition) is 3. The van der Waals surface area contributed by atoms with E-state index < -0.39 is 0 Å². The Balaban J connectivity index is 2.22. The van der Waals surface area contributed by atoms with Crippen LogP contribution in [-0.4, -0.2) is 29.9 Å². The van der Waals surface area contributed by atoms with Gasteiger partial charge in [-0.3, -0.25) is 4.79 Å². The molecule has 0 aromatic carbocycles. The second kappa shape index (κ2) is 5.35. The summed E-state index contributed by atoms with van der Waals surface area (Å²) in [6.07, 6.45) is 5.35. The zero-order valence-corrected chi connectivity index (χ0v) is 12.1. The first-order valence-corrected chi connectivity index (χ1v) is 7.18. The molecule has 0 saturated heterocycles. The number of ether oxygens (including phenoxy) is 1. The van der Waals surface area contributed by atoms with E-state index in [-0.39, 0.29) is 23.9 Å². The number of carbonyl (C=O) groups is 2. The Morgan fingerprint density at radius 2 is 1.95 bits per heavy atom. The van der Waals surface area contributed by atoms with E-state index in [1.807, 2.05) is 6.92 Å². The number of carbonyl (C=O) groups excluding carboxylic acids is 2. The van der Waals surface area contributed by atoms with Gasteiger partial charge in [0.15, 0.2) is 0 Å². The minimum absolute atomic E-state index is 0.155. The molecule has 4 nitrogen and oxygen atoms in total. The lowest BCUT2D eigenvalue weighted by molar-refractivity contribution is -0.142.